The van der Waals surface area contributed by atoms with Crippen molar-refractivity contribution in [2.24, 2.45) is 0 Å². The number of aromatic nitrogens is 2. The van der Waals surface area contributed by atoms with E-state index in [9.17, 15) is 13.2 Å². The molecule has 3 aromatic rings. The van der Waals surface area contributed by atoms with E-state index < -0.39 is 10.0 Å². The van der Waals surface area contributed by atoms with Gasteiger partial charge in [-0.1, -0.05) is 32.0 Å². The van der Waals surface area contributed by atoms with E-state index in [0.29, 0.717) is 29.6 Å². The van der Waals surface area contributed by atoms with Gasteiger partial charge in [0.25, 0.3) is 0 Å². The fourth-order valence-electron chi connectivity index (χ4n) is 3.79. The molecular formula is C24H28N4O3S2. The molecular weight excluding hydrogens is 456 g/mol. The Bertz CT molecular complexity index is 1190. The van der Waals surface area contributed by atoms with E-state index in [1.807, 2.05) is 35.7 Å². The van der Waals surface area contributed by atoms with Crippen molar-refractivity contribution in [3.05, 3.63) is 65.3 Å². The number of hydrogen-bond donors (Lipinski definition) is 0. The molecule has 1 aliphatic heterocycles. The first-order chi connectivity index (χ1) is 15.9. The van der Waals surface area contributed by atoms with E-state index in [1.54, 1.807) is 23.2 Å². The lowest BCUT2D eigenvalue weighted by atomic mass is 9.99. The Morgan fingerprint density at radius 3 is 2.45 bits per heavy atom. The first-order valence-electron chi connectivity index (χ1n) is 11.1. The van der Waals surface area contributed by atoms with Gasteiger partial charge in [-0.05, 0) is 42.2 Å². The van der Waals surface area contributed by atoms with E-state index in [4.69, 9.17) is 0 Å². The second-order valence-electron chi connectivity index (χ2n) is 8.20. The van der Waals surface area contributed by atoms with E-state index in [1.165, 1.54) is 15.6 Å². The SMILES string of the molecule is CCC(C)c1ccc(S(=O)(=O)N2CCN(C(=O)Cc3csc(-c4ccccn4)n3)CC2)cc1. The third kappa shape index (κ3) is 5.31. The van der Waals surface area contributed by atoms with Gasteiger partial charge in [0, 0.05) is 37.8 Å². The zero-order valence-corrected chi connectivity index (χ0v) is 20.5. The monoisotopic (exact) mass is 484 g/mol. The number of sulfonamides is 1. The van der Waals surface area contributed by atoms with Crippen LogP contribution in [0.4, 0.5) is 0 Å². The number of thiazole rings is 1. The molecule has 0 spiro atoms. The number of carbonyl (C=O) groups is 1. The van der Waals surface area contributed by atoms with Gasteiger partial charge in [0.15, 0.2) is 0 Å². The third-order valence-electron chi connectivity index (χ3n) is 6.06. The Hall–Kier alpha value is -2.62. The van der Waals surface area contributed by atoms with Gasteiger partial charge < -0.3 is 4.90 Å². The van der Waals surface area contributed by atoms with Crippen LogP contribution in [-0.4, -0.2) is 59.7 Å². The van der Waals surface area contributed by atoms with Gasteiger partial charge in [-0.15, -0.1) is 11.3 Å². The molecule has 9 heteroatoms. The summed E-state index contributed by atoms with van der Waals surface area (Å²) in [6.07, 6.45) is 2.93. The van der Waals surface area contributed by atoms with Gasteiger partial charge in [-0.25, -0.2) is 13.4 Å². The summed E-state index contributed by atoms with van der Waals surface area (Å²) < 4.78 is 27.6. The largest absolute Gasteiger partial charge is 0.340 e. The zero-order valence-electron chi connectivity index (χ0n) is 18.8. The molecule has 0 bridgehead atoms. The van der Waals surface area contributed by atoms with E-state index in [-0.39, 0.29) is 25.4 Å². The molecule has 1 amide bonds. The van der Waals surface area contributed by atoms with Crippen LogP contribution >= 0.6 is 11.3 Å². The molecule has 1 aromatic carbocycles. The standard InChI is InChI=1S/C24H28N4O3S2/c1-3-18(2)19-7-9-21(10-8-19)33(30,31)28-14-12-27(13-15-28)23(29)16-20-17-32-24(26-20)22-6-4-5-11-25-22/h4-11,17-18H,3,12-16H2,1-2H3. The van der Waals surface area contributed by atoms with Crippen molar-refractivity contribution < 1.29 is 13.2 Å². The highest BCUT2D eigenvalue weighted by Gasteiger charge is 2.30. The van der Waals surface area contributed by atoms with Crippen molar-refractivity contribution in [3.63, 3.8) is 0 Å². The quantitative estimate of drug-likeness (QED) is 0.509. The van der Waals surface area contributed by atoms with Gasteiger partial charge >= 0.3 is 0 Å². The van der Waals surface area contributed by atoms with Crippen LogP contribution in [0.15, 0.2) is 58.9 Å². The highest BCUT2D eigenvalue weighted by Crippen LogP contribution is 2.24. The molecule has 0 N–H and O–H groups in total. The van der Waals surface area contributed by atoms with Crippen molar-refractivity contribution in [2.75, 3.05) is 26.2 Å². The van der Waals surface area contributed by atoms with E-state index in [2.05, 4.69) is 23.8 Å². The average molecular weight is 485 g/mol. The summed E-state index contributed by atoms with van der Waals surface area (Å²) in [5, 5.41) is 2.67. The molecule has 174 valence electrons. The fraction of sp³-hybridized carbons (Fsp3) is 0.375. The molecule has 0 saturated carbocycles. The summed E-state index contributed by atoms with van der Waals surface area (Å²) in [5.74, 6) is 0.358. The second kappa shape index (κ2) is 10.1. The summed E-state index contributed by atoms with van der Waals surface area (Å²) in [5.41, 5.74) is 2.64. The molecule has 3 heterocycles. The number of benzene rings is 1. The molecule has 1 atom stereocenters. The van der Waals surface area contributed by atoms with Crippen LogP contribution in [-0.2, 0) is 21.2 Å². The Morgan fingerprint density at radius 2 is 1.82 bits per heavy atom. The maximum atomic E-state index is 13.1. The molecule has 7 nitrogen and oxygen atoms in total. The van der Waals surface area contributed by atoms with E-state index in [0.717, 1.165) is 22.7 Å². The van der Waals surface area contributed by atoms with Crippen molar-refractivity contribution in [1.82, 2.24) is 19.2 Å². The molecule has 33 heavy (non-hydrogen) atoms. The van der Waals surface area contributed by atoms with Gasteiger partial charge in [0.2, 0.25) is 15.9 Å². The second-order valence-corrected chi connectivity index (χ2v) is 11.0. The number of nitrogens with zero attached hydrogens (tertiary/aromatic N) is 4. The fourth-order valence-corrected chi connectivity index (χ4v) is 6.01. The summed E-state index contributed by atoms with van der Waals surface area (Å²) in [7, 11) is -3.57. The third-order valence-corrected chi connectivity index (χ3v) is 8.89. The van der Waals surface area contributed by atoms with Crippen LogP contribution in [0.1, 0.15) is 37.4 Å². The van der Waals surface area contributed by atoms with Crippen LogP contribution in [0, 0.1) is 0 Å². The average Bonchev–Trinajstić information content (AvgIpc) is 3.32. The van der Waals surface area contributed by atoms with Gasteiger partial charge in [0.1, 0.15) is 5.01 Å². The van der Waals surface area contributed by atoms with E-state index >= 15 is 0 Å². The Morgan fingerprint density at radius 1 is 1.09 bits per heavy atom. The number of carbonyl (C=O) groups excluding carboxylic acids is 1. The molecule has 1 aliphatic rings. The van der Waals surface area contributed by atoms with Crippen molar-refractivity contribution >= 4 is 27.3 Å². The van der Waals surface area contributed by atoms with Crippen LogP contribution in [0.3, 0.4) is 0 Å². The van der Waals surface area contributed by atoms with Gasteiger partial charge in [-0.2, -0.15) is 4.31 Å². The number of amides is 1. The maximum absolute atomic E-state index is 13.1. The predicted octanol–water partition coefficient (Wildman–Crippen LogP) is 3.79. The lowest BCUT2D eigenvalue weighted by Gasteiger charge is -2.34. The van der Waals surface area contributed by atoms with Crippen molar-refractivity contribution in [3.8, 4) is 10.7 Å². The summed E-state index contributed by atoms with van der Waals surface area (Å²) in [6.45, 7) is 5.57. The zero-order chi connectivity index (χ0) is 23.4. The number of piperazine rings is 1. The summed E-state index contributed by atoms with van der Waals surface area (Å²) >= 11 is 1.46. The topological polar surface area (TPSA) is 83.5 Å². The number of hydrogen-bond acceptors (Lipinski definition) is 6. The Balaban J connectivity index is 1.34. The maximum Gasteiger partial charge on any atom is 0.243 e. The molecule has 2 aromatic heterocycles. The number of rotatable bonds is 7. The van der Waals surface area contributed by atoms with Crippen LogP contribution in [0.25, 0.3) is 10.7 Å². The highest BCUT2D eigenvalue weighted by atomic mass is 32.2. The molecule has 1 saturated heterocycles. The Kier molecular flexibility index (Phi) is 7.21. The lowest BCUT2D eigenvalue weighted by Crippen LogP contribution is -2.50. The number of pyridine rings is 1. The summed E-state index contributed by atoms with van der Waals surface area (Å²) in [4.78, 5) is 23.6. The first kappa shape index (κ1) is 23.5. The smallest absolute Gasteiger partial charge is 0.243 e. The lowest BCUT2D eigenvalue weighted by molar-refractivity contribution is -0.131. The van der Waals surface area contributed by atoms with Crippen molar-refractivity contribution in [2.45, 2.75) is 37.5 Å². The molecule has 4 rings (SSSR count). The van der Waals surface area contributed by atoms with Crippen molar-refractivity contribution in [1.29, 1.82) is 0 Å². The van der Waals surface area contributed by atoms with Crippen LogP contribution < -0.4 is 0 Å². The van der Waals surface area contributed by atoms with Crippen LogP contribution in [0.5, 0.6) is 0 Å². The Labute approximate surface area is 199 Å². The molecule has 0 aliphatic carbocycles. The molecule has 1 fully saturated rings. The van der Waals surface area contributed by atoms with Gasteiger partial charge in [0.05, 0.1) is 22.7 Å². The minimum atomic E-state index is -3.57. The summed E-state index contributed by atoms with van der Waals surface area (Å²) in [6, 6.07) is 12.8. The first-order valence-corrected chi connectivity index (χ1v) is 13.4. The molecule has 0 radical (unpaired) electrons. The minimum absolute atomic E-state index is 0.0391. The molecule has 1 unspecified atom stereocenters. The predicted molar refractivity (Wildman–Crippen MR) is 130 cm³/mol. The van der Waals surface area contributed by atoms with Crippen LogP contribution in [0.2, 0.25) is 0 Å². The minimum Gasteiger partial charge on any atom is -0.340 e. The van der Waals surface area contributed by atoms with Gasteiger partial charge in [-0.3, -0.25) is 9.78 Å². The normalized spacial score (nSPS) is 16.0. The highest BCUT2D eigenvalue weighted by molar-refractivity contribution is 7.89.